The van der Waals surface area contributed by atoms with Crippen LogP contribution in [0.4, 0.5) is 0 Å². The topological polar surface area (TPSA) is 87.4 Å². The van der Waals surface area contributed by atoms with E-state index in [0.717, 1.165) is 0 Å². The van der Waals surface area contributed by atoms with Gasteiger partial charge < -0.3 is 15.2 Å². The van der Waals surface area contributed by atoms with Crippen molar-refractivity contribution in [3.63, 3.8) is 0 Å². The number of hydrogen-bond donors (Lipinski definition) is 3. The molecule has 0 aliphatic carbocycles. The average molecular weight is 176 g/mol. The molecule has 0 spiro atoms. The summed E-state index contributed by atoms with van der Waals surface area (Å²) < 4.78 is 1.62. The van der Waals surface area contributed by atoms with E-state index in [1.54, 1.807) is 22.7 Å². The number of nitrogens with zero attached hydrogens (tertiary/aromatic N) is 2. The molecular weight excluding hydrogens is 168 g/mol. The normalized spacial score (nSPS) is 10.5. The Balaban J connectivity index is 2.67. The summed E-state index contributed by atoms with van der Waals surface area (Å²) in [6.07, 6.45) is 3.10. The van der Waals surface area contributed by atoms with Crippen LogP contribution in [0.3, 0.4) is 0 Å². The largest absolute Gasteiger partial charge is 0.492 e. The zero-order valence-corrected chi connectivity index (χ0v) is 6.73. The summed E-state index contributed by atoms with van der Waals surface area (Å²) in [5, 5.41) is 16.3. The first-order chi connectivity index (χ1) is 6.16. The van der Waals surface area contributed by atoms with Crippen molar-refractivity contribution in [2.45, 2.75) is 0 Å². The third kappa shape index (κ3) is 1.20. The molecule has 0 unspecified atom stereocenters. The summed E-state index contributed by atoms with van der Waals surface area (Å²) in [6.45, 7) is 0. The van der Waals surface area contributed by atoms with E-state index in [4.69, 9.17) is 16.2 Å². The number of nitrogens with two attached hydrogens (primary N) is 1. The predicted molar refractivity (Wildman–Crippen MR) is 47.9 cm³/mol. The Kier molecular flexibility index (Phi) is 1.45. The minimum Gasteiger partial charge on any atom is -0.492 e. The maximum Gasteiger partial charge on any atom is 0.230 e. The molecule has 2 aromatic heterocycles. The van der Waals surface area contributed by atoms with Crippen molar-refractivity contribution >= 4 is 11.5 Å². The first-order valence-electron chi connectivity index (χ1n) is 3.69. The van der Waals surface area contributed by atoms with E-state index in [0.29, 0.717) is 11.2 Å². The molecule has 0 saturated heterocycles. The number of imidazole rings is 1. The highest BCUT2D eigenvalue weighted by atomic mass is 16.3. The molecule has 5 heteroatoms. The first-order valence-corrected chi connectivity index (χ1v) is 3.69. The van der Waals surface area contributed by atoms with Gasteiger partial charge in [-0.05, 0) is 12.1 Å². The molecule has 5 nitrogen and oxygen atoms in total. The van der Waals surface area contributed by atoms with Crippen LogP contribution in [0.5, 0.6) is 5.88 Å². The third-order valence-corrected chi connectivity index (χ3v) is 1.75. The number of hydrogen-bond acceptors (Lipinski definition) is 3. The van der Waals surface area contributed by atoms with Gasteiger partial charge in [-0.3, -0.25) is 5.41 Å². The molecule has 2 heterocycles. The lowest BCUT2D eigenvalue weighted by Crippen LogP contribution is -2.11. The number of fused-ring (bicyclic) bond motifs is 1. The van der Waals surface area contributed by atoms with Gasteiger partial charge in [0, 0.05) is 11.8 Å². The maximum absolute atomic E-state index is 9.07. The van der Waals surface area contributed by atoms with Gasteiger partial charge in [-0.1, -0.05) is 0 Å². The van der Waals surface area contributed by atoms with Crippen LogP contribution in [0.1, 0.15) is 5.56 Å². The van der Waals surface area contributed by atoms with Gasteiger partial charge in [-0.2, -0.15) is 4.98 Å². The molecule has 0 aliphatic rings. The Morgan fingerprint density at radius 2 is 2.23 bits per heavy atom. The molecule has 0 aliphatic heterocycles. The number of nitrogens with one attached hydrogen (secondary N) is 1. The first kappa shape index (κ1) is 7.60. The Morgan fingerprint density at radius 3 is 2.92 bits per heavy atom. The van der Waals surface area contributed by atoms with Crippen molar-refractivity contribution in [2.24, 2.45) is 5.73 Å². The fraction of sp³-hybridized carbons (Fsp3) is 0. The van der Waals surface area contributed by atoms with E-state index in [2.05, 4.69) is 4.98 Å². The van der Waals surface area contributed by atoms with Crippen molar-refractivity contribution in [3.05, 3.63) is 30.1 Å². The number of amidine groups is 1. The molecule has 13 heavy (non-hydrogen) atoms. The van der Waals surface area contributed by atoms with Gasteiger partial charge in [-0.15, -0.1) is 0 Å². The van der Waals surface area contributed by atoms with Crippen molar-refractivity contribution in [3.8, 4) is 5.88 Å². The van der Waals surface area contributed by atoms with E-state index < -0.39 is 0 Å². The zero-order valence-electron chi connectivity index (χ0n) is 6.73. The summed E-state index contributed by atoms with van der Waals surface area (Å²) >= 11 is 0. The molecule has 0 bridgehead atoms. The van der Waals surface area contributed by atoms with Gasteiger partial charge in [0.1, 0.15) is 11.5 Å². The van der Waals surface area contributed by atoms with Crippen molar-refractivity contribution < 1.29 is 5.11 Å². The highest BCUT2D eigenvalue weighted by Gasteiger charge is 2.01. The van der Waals surface area contributed by atoms with E-state index in [9.17, 15) is 0 Å². The van der Waals surface area contributed by atoms with Gasteiger partial charge in [0.2, 0.25) is 5.88 Å². The Morgan fingerprint density at radius 1 is 1.46 bits per heavy atom. The fourth-order valence-electron chi connectivity index (χ4n) is 1.14. The minimum atomic E-state index is -0.0410. The molecular formula is C8H8N4O. The fourth-order valence-corrected chi connectivity index (χ4v) is 1.14. The van der Waals surface area contributed by atoms with Gasteiger partial charge >= 0.3 is 0 Å². The number of pyridine rings is 1. The summed E-state index contributed by atoms with van der Waals surface area (Å²) in [5.41, 5.74) is 6.53. The van der Waals surface area contributed by atoms with E-state index in [1.165, 1.54) is 6.20 Å². The molecule has 0 atom stereocenters. The highest BCUT2D eigenvalue weighted by Crippen LogP contribution is 2.10. The lowest BCUT2D eigenvalue weighted by molar-refractivity contribution is 0.457. The van der Waals surface area contributed by atoms with Crippen molar-refractivity contribution in [1.29, 1.82) is 5.41 Å². The Labute approximate surface area is 74.0 Å². The Hall–Kier alpha value is -2.04. The van der Waals surface area contributed by atoms with Gasteiger partial charge in [0.25, 0.3) is 0 Å². The SMILES string of the molecule is N=C(N)c1ccc2nc(O)cn2c1. The zero-order chi connectivity index (χ0) is 9.42. The van der Waals surface area contributed by atoms with Crippen LogP contribution in [0.15, 0.2) is 24.5 Å². The molecule has 2 rings (SSSR count). The predicted octanol–water partition coefficient (Wildman–Crippen LogP) is 0.324. The van der Waals surface area contributed by atoms with Crippen molar-refractivity contribution in [2.75, 3.05) is 0 Å². The van der Waals surface area contributed by atoms with Gasteiger partial charge in [-0.25, -0.2) is 0 Å². The number of nitrogen functional groups attached to an aromatic ring is 1. The Bertz CT molecular complexity index is 474. The highest BCUT2D eigenvalue weighted by molar-refractivity contribution is 5.94. The van der Waals surface area contributed by atoms with Crippen LogP contribution in [-0.4, -0.2) is 20.3 Å². The van der Waals surface area contributed by atoms with Crippen molar-refractivity contribution in [1.82, 2.24) is 9.38 Å². The molecule has 0 aromatic carbocycles. The standard InChI is InChI=1S/C8H8N4O/c9-8(10)5-1-2-6-11-7(13)4-12(6)3-5/h1-4,13H,(H3,9,10). The average Bonchev–Trinajstić information content (AvgIpc) is 2.42. The number of aromatic nitrogens is 2. The van der Waals surface area contributed by atoms with Crippen LogP contribution < -0.4 is 5.73 Å². The van der Waals surface area contributed by atoms with Gasteiger partial charge in [0.05, 0.1) is 6.20 Å². The second-order valence-electron chi connectivity index (χ2n) is 2.70. The molecule has 0 amide bonds. The third-order valence-electron chi connectivity index (χ3n) is 1.75. The molecule has 66 valence electrons. The van der Waals surface area contributed by atoms with Crippen LogP contribution in [0.25, 0.3) is 5.65 Å². The molecule has 0 fully saturated rings. The number of aromatic hydroxyl groups is 1. The molecule has 4 N–H and O–H groups in total. The minimum absolute atomic E-state index is 0.00455. The lowest BCUT2D eigenvalue weighted by Gasteiger charge is -1.97. The second kappa shape index (κ2) is 2.48. The summed E-state index contributed by atoms with van der Waals surface area (Å²) in [4.78, 5) is 3.82. The molecule has 0 saturated carbocycles. The molecule has 2 aromatic rings. The quantitative estimate of drug-likeness (QED) is 0.432. The lowest BCUT2D eigenvalue weighted by atomic mass is 10.2. The van der Waals surface area contributed by atoms with Gasteiger partial charge in [0.15, 0.2) is 0 Å². The van der Waals surface area contributed by atoms with Crippen LogP contribution in [0.2, 0.25) is 0 Å². The van der Waals surface area contributed by atoms with Crippen LogP contribution in [0, 0.1) is 5.41 Å². The summed E-state index contributed by atoms with van der Waals surface area (Å²) in [6, 6.07) is 3.38. The monoisotopic (exact) mass is 176 g/mol. The maximum atomic E-state index is 9.07. The smallest absolute Gasteiger partial charge is 0.230 e. The van der Waals surface area contributed by atoms with E-state index in [-0.39, 0.29) is 11.7 Å². The van der Waals surface area contributed by atoms with Crippen LogP contribution >= 0.6 is 0 Å². The molecule has 0 radical (unpaired) electrons. The van der Waals surface area contributed by atoms with E-state index >= 15 is 0 Å². The van der Waals surface area contributed by atoms with E-state index in [1.807, 2.05) is 0 Å². The number of rotatable bonds is 1. The summed E-state index contributed by atoms with van der Waals surface area (Å²) in [5.74, 6) is -0.0456. The van der Waals surface area contributed by atoms with Crippen LogP contribution in [-0.2, 0) is 0 Å². The second-order valence-corrected chi connectivity index (χ2v) is 2.70. The summed E-state index contributed by atoms with van der Waals surface area (Å²) in [7, 11) is 0.